The highest BCUT2D eigenvalue weighted by Crippen LogP contribution is 2.55. The molecule has 4 N–H and O–H groups in total. The molecular weight excluding hydrogens is 865 g/mol. The molecule has 6 aromatic rings. The fourth-order valence-corrected chi connectivity index (χ4v) is 12.3. The van der Waals surface area contributed by atoms with Crippen molar-refractivity contribution in [3.05, 3.63) is 84.4 Å². The number of nitrogens with one attached hydrogen (secondary N) is 2. The van der Waals surface area contributed by atoms with Gasteiger partial charge < -0.3 is 39.5 Å². The first-order chi connectivity index (χ1) is 33.0. The highest BCUT2D eigenvalue weighted by molar-refractivity contribution is 5.94. The number of likely N-dealkylation sites (tertiary alicyclic amines) is 2. The number of amides is 4. The number of benzene rings is 4. The van der Waals surface area contributed by atoms with Gasteiger partial charge in [-0.25, -0.2) is 19.6 Å². The molecule has 6 fully saturated rings. The highest BCUT2D eigenvalue weighted by atomic mass is 16.5. The van der Waals surface area contributed by atoms with Gasteiger partial charge in [0.2, 0.25) is 11.8 Å². The van der Waals surface area contributed by atoms with Crippen molar-refractivity contribution >= 4 is 56.8 Å². The van der Waals surface area contributed by atoms with Gasteiger partial charge in [-0.1, -0.05) is 36.4 Å². The first-order valence-corrected chi connectivity index (χ1v) is 24.2. The summed E-state index contributed by atoms with van der Waals surface area (Å²) in [6.07, 6.45) is 3.88. The molecule has 0 radical (unpaired) electrons. The van der Waals surface area contributed by atoms with E-state index in [-0.39, 0.29) is 47.8 Å². The average molecular weight is 921 g/mol. The van der Waals surface area contributed by atoms with Crippen molar-refractivity contribution in [1.29, 1.82) is 0 Å². The number of nitrogens with zero attached hydrogens (tertiary/aromatic N) is 6. The van der Waals surface area contributed by atoms with Crippen LogP contribution < -0.4 is 0 Å². The monoisotopic (exact) mass is 920 g/mol. The van der Waals surface area contributed by atoms with E-state index in [0.717, 1.165) is 92.4 Å². The molecule has 4 amide bonds. The normalized spacial score (nSPS) is 25.6. The lowest BCUT2D eigenvalue weighted by molar-refractivity contribution is -0.142. The van der Waals surface area contributed by atoms with Crippen molar-refractivity contribution in [2.24, 2.45) is 23.7 Å². The molecule has 6 aliphatic rings. The van der Waals surface area contributed by atoms with Crippen LogP contribution in [-0.4, -0.2) is 138 Å². The molecule has 6 heterocycles. The minimum Gasteiger partial charge on any atom is -0.465 e. The van der Waals surface area contributed by atoms with Crippen LogP contribution in [0, 0.1) is 23.7 Å². The Labute approximate surface area is 392 Å². The zero-order valence-corrected chi connectivity index (χ0v) is 38.2. The fraction of sp³-hybridized carbons (Fsp3) is 0.462. The first kappa shape index (κ1) is 42.8. The van der Waals surface area contributed by atoms with E-state index in [9.17, 15) is 29.4 Å². The molecule has 2 aliphatic carbocycles. The number of ether oxygens (including phenoxy) is 2. The third-order valence-electron chi connectivity index (χ3n) is 16.2. The van der Waals surface area contributed by atoms with Crippen molar-refractivity contribution in [2.75, 3.05) is 40.5 Å². The lowest BCUT2D eigenvalue weighted by atomic mass is 9.89. The second-order valence-corrected chi connectivity index (χ2v) is 20.2. The Bertz CT molecular complexity index is 2790. The molecule has 2 saturated carbocycles. The third kappa shape index (κ3) is 7.43. The number of H-pyrrole nitrogens is 2. The van der Waals surface area contributed by atoms with Crippen LogP contribution >= 0.6 is 0 Å². The Hall–Kier alpha value is -6.52. The van der Waals surface area contributed by atoms with E-state index in [0.29, 0.717) is 63.9 Å². The van der Waals surface area contributed by atoms with Gasteiger partial charge in [-0.3, -0.25) is 19.4 Å². The van der Waals surface area contributed by atoms with Gasteiger partial charge in [-0.15, -0.1) is 0 Å². The third-order valence-corrected chi connectivity index (χ3v) is 16.2. The molecule has 0 unspecified atom stereocenters. The number of carboxylic acid groups (broad SMARTS) is 2. The van der Waals surface area contributed by atoms with Gasteiger partial charge in [0.1, 0.15) is 23.7 Å². The second-order valence-electron chi connectivity index (χ2n) is 20.2. The van der Waals surface area contributed by atoms with E-state index in [1.165, 1.54) is 23.9 Å². The molecule has 8 atom stereocenters. The van der Waals surface area contributed by atoms with Gasteiger partial charge in [0.25, 0.3) is 0 Å². The molecule has 68 heavy (non-hydrogen) atoms. The maximum Gasteiger partial charge on any atom is 0.407 e. The van der Waals surface area contributed by atoms with Crippen molar-refractivity contribution < 1.29 is 38.9 Å². The van der Waals surface area contributed by atoms with Gasteiger partial charge in [0.15, 0.2) is 0 Å². The molecule has 352 valence electrons. The lowest BCUT2D eigenvalue weighted by Gasteiger charge is -2.38. The molecule has 0 bridgehead atoms. The summed E-state index contributed by atoms with van der Waals surface area (Å²) in [6, 6.07) is 23.6. The Morgan fingerprint density at radius 2 is 0.956 bits per heavy atom. The van der Waals surface area contributed by atoms with E-state index >= 15 is 0 Å². The van der Waals surface area contributed by atoms with Crippen LogP contribution in [0.1, 0.15) is 75.1 Å². The number of likely N-dealkylation sites (N-methyl/N-ethyl adjacent to an activating group) is 2. The number of hydrogen-bond donors (Lipinski definition) is 4. The molecule has 4 aliphatic heterocycles. The standard InChI is InChI=1S/C52H56N8O8/c1-57(51(63)64)45(27-11-15-67-16-12-27)49(61)59-41-23-35(41)25-43(59)47-53-37-9-7-33(21-39(37)55-47)31-5-3-30-20-32(6-4-29(30)19-31)34-8-10-38-40(22-34)56-48(54-38)44-26-36-24-42(36)60(44)50(62)46(58(2)52(65)66)28-13-17-68-18-14-28/h3-10,19-22,27-28,35-36,41-46H,11-18,23-26H2,1-2H3,(H,53,55)(H,54,56)(H,63,64)(H,65,66)/t35-,36-,41-,42-,43+,44+,45+,46+/m1/s1. The quantitative estimate of drug-likeness (QED) is 0.104. The number of piperidine rings is 2. The van der Waals surface area contributed by atoms with Crippen molar-refractivity contribution in [2.45, 2.75) is 87.6 Å². The number of fused-ring (bicyclic) bond motifs is 5. The van der Waals surface area contributed by atoms with Crippen LogP contribution in [-0.2, 0) is 19.1 Å². The van der Waals surface area contributed by atoms with Crippen LogP contribution in [0.3, 0.4) is 0 Å². The smallest absolute Gasteiger partial charge is 0.407 e. The Kier molecular flexibility index (Phi) is 10.5. The summed E-state index contributed by atoms with van der Waals surface area (Å²) in [5, 5.41) is 22.2. The number of aromatic nitrogens is 4. The number of rotatable bonds is 10. The molecule has 16 heteroatoms. The Balaban J connectivity index is 0.771. The molecule has 4 saturated heterocycles. The summed E-state index contributed by atoms with van der Waals surface area (Å²) in [4.78, 5) is 76.7. The SMILES string of the molecule is CN(C(=O)O)[C@H](C(=O)N1[C@@H]2C[C@@H]2C[C@H]1c1nc2cc(-c3ccc4cc(-c5ccc6[nH]c([C@@H]7C[C@H]8C[C@H]8N7C(=O)[C@H](C7CCOCC7)N(C)C(=O)O)nc6c5)ccc4c3)ccc2[nH]1)C1CCOCC1. The average Bonchev–Trinajstić information content (AvgIpc) is 4.01. The maximum atomic E-state index is 14.4. The Morgan fingerprint density at radius 1 is 0.574 bits per heavy atom. The summed E-state index contributed by atoms with van der Waals surface area (Å²) in [5.41, 5.74) is 7.58. The van der Waals surface area contributed by atoms with Gasteiger partial charge in [0, 0.05) is 52.6 Å². The number of carbonyl (C=O) groups is 4. The van der Waals surface area contributed by atoms with E-state index in [4.69, 9.17) is 19.4 Å². The zero-order chi connectivity index (χ0) is 46.5. The van der Waals surface area contributed by atoms with Crippen LogP contribution in [0.4, 0.5) is 9.59 Å². The van der Waals surface area contributed by atoms with Crippen molar-refractivity contribution in [1.82, 2.24) is 39.5 Å². The highest BCUT2D eigenvalue weighted by Gasteiger charge is 2.58. The molecular formula is C52H56N8O8. The molecule has 4 aromatic carbocycles. The predicted molar refractivity (Wildman–Crippen MR) is 253 cm³/mol. The topological polar surface area (TPSA) is 198 Å². The number of hydrogen-bond acceptors (Lipinski definition) is 8. The van der Waals surface area contributed by atoms with Gasteiger partial charge >= 0.3 is 12.2 Å². The van der Waals surface area contributed by atoms with E-state index in [1.54, 1.807) is 0 Å². The number of aromatic amines is 2. The van der Waals surface area contributed by atoms with Crippen LogP contribution in [0.25, 0.3) is 55.1 Å². The molecule has 2 aromatic heterocycles. The molecule has 0 spiro atoms. The van der Waals surface area contributed by atoms with Crippen LogP contribution in [0.15, 0.2) is 72.8 Å². The second kappa shape index (κ2) is 16.6. The maximum absolute atomic E-state index is 14.4. The van der Waals surface area contributed by atoms with Crippen molar-refractivity contribution in [3.8, 4) is 22.3 Å². The van der Waals surface area contributed by atoms with Crippen LogP contribution in [0.2, 0.25) is 0 Å². The van der Waals surface area contributed by atoms with Gasteiger partial charge in [-0.05, 0) is 144 Å². The fourth-order valence-electron chi connectivity index (χ4n) is 12.3. The number of carbonyl (C=O) groups excluding carboxylic acids is 2. The molecule has 12 rings (SSSR count). The Morgan fingerprint density at radius 3 is 1.35 bits per heavy atom. The van der Waals surface area contributed by atoms with Gasteiger partial charge in [-0.2, -0.15) is 0 Å². The summed E-state index contributed by atoms with van der Waals surface area (Å²) in [5.74, 6) is 1.82. The van der Waals surface area contributed by atoms with E-state index in [2.05, 4.69) is 70.6 Å². The number of imidazole rings is 2. The van der Waals surface area contributed by atoms with Gasteiger partial charge in [0.05, 0.1) is 34.2 Å². The zero-order valence-electron chi connectivity index (χ0n) is 38.2. The summed E-state index contributed by atoms with van der Waals surface area (Å²) in [6.45, 7) is 2.10. The summed E-state index contributed by atoms with van der Waals surface area (Å²) in [7, 11) is 3.02. The lowest BCUT2D eigenvalue weighted by Crippen LogP contribution is -2.54. The summed E-state index contributed by atoms with van der Waals surface area (Å²) < 4.78 is 11.1. The summed E-state index contributed by atoms with van der Waals surface area (Å²) >= 11 is 0. The predicted octanol–water partition coefficient (Wildman–Crippen LogP) is 8.06. The van der Waals surface area contributed by atoms with E-state index < -0.39 is 24.3 Å². The largest absolute Gasteiger partial charge is 0.465 e. The minimum absolute atomic E-state index is 0.0956. The van der Waals surface area contributed by atoms with Crippen LogP contribution in [0.5, 0.6) is 0 Å². The minimum atomic E-state index is -1.10. The van der Waals surface area contributed by atoms with E-state index in [1.807, 2.05) is 21.9 Å². The first-order valence-electron chi connectivity index (χ1n) is 24.2. The molecule has 16 nitrogen and oxygen atoms in total. The van der Waals surface area contributed by atoms with Crippen molar-refractivity contribution in [3.63, 3.8) is 0 Å².